The van der Waals surface area contributed by atoms with E-state index < -0.39 is 0 Å². The summed E-state index contributed by atoms with van der Waals surface area (Å²) in [6.07, 6.45) is 11.0. The fraction of sp³-hybridized carbons (Fsp3) is 0.696. The maximum Gasteiger partial charge on any atom is 0.252 e. The second kappa shape index (κ2) is 10.8. The Hall–Kier alpha value is -1.14. The molecule has 2 fully saturated rings. The number of hydrogen-bond acceptors (Lipinski definition) is 4. The van der Waals surface area contributed by atoms with E-state index in [1.165, 1.54) is 44.9 Å². The van der Waals surface area contributed by atoms with Gasteiger partial charge in [0.1, 0.15) is 0 Å². The first-order valence-corrected chi connectivity index (χ1v) is 11.6. The number of nitrogens with two attached hydrogens (primary N) is 1. The first-order valence-electron chi connectivity index (χ1n) is 11.2. The largest absolute Gasteiger partial charge is 0.395 e. The molecular formula is C23H36ClN3O2. The maximum absolute atomic E-state index is 12.8. The number of carbonyl (C=O) groups excluding carboxylic acids is 1. The highest BCUT2D eigenvalue weighted by atomic mass is 35.5. The van der Waals surface area contributed by atoms with E-state index in [9.17, 15) is 9.90 Å². The van der Waals surface area contributed by atoms with Gasteiger partial charge < -0.3 is 16.2 Å². The fourth-order valence-electron chi connectivity index (χ4n) is 4.30. The van der Waals surface area contributed by atoms with Crippen LogP contribution in [-0.4, -0.2) is 47.7 Å². The Morgan fingerprint density at radius 1 is 1.21 bits per heavy atom. The molecule has 2 saturated carbocycles. The van der Waals surface area contributed by atoms with Crippen molar-refractivity contribution in [3.8, 4) is 0 Å². The predicted octanol–water partition coefficient (Wildman–Crippen LogP) is 3.72. The highest BCUT2D eigenvalue weighted by Gasteiger charge is 2.39. The van der Waals surface area contributed by atoms with Crippen molar-refractivity contribution in [3.63, 3.8) is 0 Å². The number of nitrogens with zero attached hydrogens (tertiary/aromatic N) is 1. The minimum absolute atomic E-state index is 0.0925. The van der Waals surface area contributed by atoms with E-state index >= 15 is 0 Å². The molecule has 1 aromatic carbocycles. The lowest BCUT2D eigenvalue weighted by atomic mass is 9.91. The standard InChI is InChI=1S/C23H36ClN3O2/c24-21-9-8-19(16-27(12-13-28)17-23(25)10-11-23)14-20(21)22(29)26-15-18-6-4-2-1-3-5-7-18/h8-9,14,18,28H,1-7,10-13,15-17,25H2,(H,26,29). The highest BCUT2D eigenvalue weighted by molar-refractivity contribution is 6.33. The van der Waals surface area contributed by atoms with Gasteiger partial charge in [-0.1, -0.05) is 49.8 Å². The Balaban J connectivity index is 1.58. The lowest BCUT2D eigenvalue weighted by molar-refractivity contribution is 0.0944. The van der Waals surface area contributed by atoms with Crippen LogP contribution in [0, 0.1) is 5.92 Å². The van der Waals surface area contributed by atoms with E-state index in [2.05, 4.69) is 10.2 Å². The normalized spacial score (nSPS) is 19.6. The Labute approximate surface area is 180 Å². The molecule has 0 bridgehead atoms. The third kappa shape index (κ3) is 7.25. The average molecular weight is 422 g/mol. The van der Waals surface area contributed by atoms with Crippen molar-refractivity contribution in [2.45, 2.75) is 69.9 Å². The van der Waals surface area contributed by atoms with Crippen molar-refractivity contribution in [1.82, 2.24) is 10.2 Å². The fourth-order valence-corrected chi connectivity index (χ4v) is 4.50. The third-order valence-corrected chi connectivity index (χ3v) is 6.63. The van der Waals surface area contributed by atoms with Gasteiger partial charge in [0.05, 0.1) is 17.2 Å². The Kier molecular flexibility index (Phi) is 8.36. The molecule has 2 aliphatic rings. The first kappa shape index (κ1) is 22.5. The van der Waals surface area contributed by atoms with Crippen molar-refractivity contribution in [2.24, 2.45) is 11.7 Å². The lowest BCUT2D eigenvalue weighted by Crippen LogP contribution is -2.40. The van der Waals surface area contributed by atoms with Crippen molar-refractivity contribution in [1.29, 1.82) is 0 Å². The zero-order chi connectivity index (χ0) is 20.7. The van der Waals surface area contributed by atoms with Gasteiger partial charge in [-0.05, 0) is 49.3 Å². The first-order chi connectivity index (χ1) is 14.0. The molecule has 0 spiro atoms. The van der Waals surface area contributed by atoms with Crippen LogP contribution in [0.5, 0.6) is 0 Å². The summed E-state index contributed by atoms with van der Waals surface area (Å²) in [5.41, 5.74) is 7.70. The number of aliphatic hydroxyl groups excluding tert-OH is 1. The molecule has 29 heavy (non-hydrogen) atoms. The molecule has 1 aromatic rings. The van der Waals surface area contributed by atoms with E-state index in [-0.39, 0.29) is 18.1 Å². The van der Waals surface area contributed by atoms with Gasteiger partial charge in [-0.3, -0.25) is 9.69 Å². The van der Waals surface area contributed by atoms with Gasteiger partial charge in [-0.25, -0.2) is 0 Å². The SMILES string of the molecule is NC1(CN(CCO)Cc2ccc(Cl)c(C(=O)NCC3CCCCCCC3)c2)CC1. The number of benzene rings is 1. The predicted molar refractivity (Wildman–Crippen MR) is 118 cm³/mol. The Bertz CT molecular complexity index is 670. The van der Waals surface area contributed by atoms with Crippen LogP contribution < -0.4 is 11.1 Å². The van der Waals surface area contributed by atoms with Gasteiger partial charge in [-0.2, -0.15) is 0 Å². The van der Waals surface area contributed by atoms with Crippen LogP contribution in [0.25, 0.3) is 0 Å². The number of halogens is 1. The van der Waals surface area contributed by atoms with E-state index in [0.717, 1.165) is 31.5 Å². The summed E-state index contributed by atoms with van der Waals surface area (Å²) in [6.45, 7) is 2.81. The summed E-state index contributed by atoms with van der Waals surface area (Å²) >= 11 is 6.34. The van der Waals surface area contributed by atoms with E-state index in [0.29, 0.717) is 29.6 Å². The van der Waals surface area contributed by atoms with Crippen LogP contribution in [0.15, 0.2) is 18.2 Å². The summed E-state index contributed by atoms with van der Waals surface area (Å²) < 4.78 is 0. The maximum atomic E-state index is 12.8. The Morgan fingerprint density at radius 2 is 1.90 bits per heavy atom. The number of hydrogen-bond donors (Lipinski definition) is 3. The zero-order valence-corrected chi connectivity index (χ0v) is 18.2. The summed E-state index contributed by atoms with van der Waals surface area (Å²) in [7, 11) is 0. The van der Waals surface area contributed by atoms with E-state index in [1.807, 2.05) is 12.1 Å². The van der Waals surface area contributed by atoms with Crippen LogP contribution in [0.2, 0.25) is 5.02 Å². The highest BCUT2D eigenvalue weighted by Crippen LogP contribution is 2.33. The molecule has 0 aliphatic heterocycles. The van der Waals surface area contributed by atoms with Crippen LogP contribution in [0.3, 0.4) is 0 Å². The molecule has 0 saturated heterocycles. The van der Waals surface area contributed by atoms with Crippen LogP contribution in [0.4, 0.5) is 0 Å². The molecular weight excluding hydrogens is 386 g/mol. The molecule has 0 unspecified atom stereocenters. The van der Waals surface area contributed by atoms with Gasteiger partial charge >= 0.3 is 0 Å². The zero-order valence-electron chi connectivity index (χ0n) is 17.5. The van der Waals surface area contributed by atoms with E-state index in [4.69, 9.17) is 17.3 Å². The van der Waals surface area contributed by atoms with Gasteiger partial charge in [0.15, 0.2) is 0 Å². The molecule has 0 atom stereocenters. The molecule has 0 aromatic heterocycles. The lowest BCUT2D eigenvalue weighted by Gasteiger charge is -2.25. The molecule has 2 aliphatic carbocycles. The minimum atomic E-state index is -0.112. The summed E-state index contributed by atoms with van der Waals surface area (Å²) in [5, 5.41) is 13.0. The molecule has 0 radical (unpaired) electrons. The number of nitrogens with one attached hydrogen (secondary N) is 1. The average Bonchev–Trinajstić information content (AvgIpc) is 3.39. The number of rotatable bonds is 9. The molecule has 1 amide bonds. The van der Waals surface area contributed by atoms with Crippen molar-refractivity contribution in [3.05, 3.63) is 34.3 Å². The molecule has 162 valence electrons. The smallest absolute Gasteiger partial charge is 0.252 e. The molecule has 6 heteroatoms. The van der Waals surface area contributed by atoms with Crippen molar-refractivity contribution in [2.75, 3.05) is 26.2 Å². The molecule has 5 nitrogen and oxygen atoms in total. The summed E-state index contributed by atoms with van der Waals surface area (Å²) in [4.78, 5) is 15.0. The minimum Gasteiger partial charge on any atom is -0.395 e. The van der Waals surface area contributed by atoms with Crippen LogP contribution in [-0.2, 0) is 6.54 Å². The number of carbonyl (C=O) groups is 1. The van der Waals surface area contributed by atoms with Gasteiger partial charge in [0.2, 0.25) is 0 Å². The van der Waals surface area contributed by atoms with Gasteiger partial charge in [-0.15, -0.1) is 0 Å². The topological polar surface area (TPSA) is 78.6 Å². The van der Waals surface area contributed by atoms with Gasteiger partial charge in [0.25, 0.3) is 5.91 Å². The van der Waals surface area contributed by atoms with Crippen LogP contribution in [0.1, 0.15) is 73.7 Å². The second-order valence-electron chi connectivity index (χ2n) is 9.03. The molecule has 0 heterocycles. The second-order valence-corrected chi connectivity index (χ2v) is 9.44. The van der Waals surface area contributed by atoms with Crippen LogP contribution >= 0.6 is 11.6 Å². The molecule has 3 rings (SSSR count). The summed E-state index contributed by atoms with van der Waals surface area (Å²) in [6, 6.07) is 5.64. The van der Waals surface area contributed by atoms with Crippen molar-refractivity contribution >= 4 is 17.5 Å². The number of amides is 1. The number of aliphatic hydroxyl groups is 1. The van der Waals surface area contributed by atoms with Crippen molar-refractivity contribution < 1.29 is 9.90 Å². The van der Waals surface area contributed by atoms with E-state index in [1.54, 1.807) is 6.07 Å². The third-order valence-electron chi connectivity index (χ3n) is 6.30. The monoisotopic (exact) mass is 421 g/mol. The molecule has 4 N–H and O–H groups in total. The quantitative estimate of drug-likeness (QED) is 0.567. The summed E-state index contributed by atoms with van der Waals surface area (Å²) in [5.74, 6) is 0.477. The van der Waals surface area contributed by atoms with Gasteiger partial charge in [0, 0.05) is 31.7 Å². The Morgan fingerprint density at radius 3 is 2.55 bits per heavy atom.